The fourth-order valence-electron chi connectivity index (χ4n) is 1.79. The third-order valence-corrected chi connectivity index (χ3v) is 2.86. The maximum atomic E-state index is 11.7. The second kappa shape index (κ2) is 12.0. The van der Waals surface area contributed by atoms with Gasteiger partial charge in [-0.1, -0.05) is 19.8 Å². The van der Waals surface area contributed by atoms with Crippen molar-refractivity contribution in [3.8, 4) is 0 Å². The van der Waals surface area contributed by atoms with Gasteiger partial charge < -0.3 is 15.8 Å². The molecule has 0 aromatic heterocycles. The summed E-state index contributed by atoms with van der Waals surface area (Å²) in [5, 5.41) is 2.77. The monoisotopic (exact) mass is 272 g/mol. The summed E-state index contributed by atoms with van der Waals surface area (Å²) in [6.07, 6.45) is 5.70. The lowest BCUT2D eigenvalue weighted by Crippen LogP contribution is -2.41. The summed E-state index contributed by atoms with van der Waals surface area (Å²) in [4.78, 5) is 23.5. The number of carbonyl (C=O) groups excluding carboxylic acids is 2. The number of rotatable bonds is 11. The maximum Gasteiger partial charge on any atom is 0.328 e. The molecular formula is C14H28N2O3. The van der Waals surface area contributed by atoms with E-state index >= 15 is 0 Å². The average Bonchev–Trinajstić information content (AvgIpc) is 2.38. The van der Waals surface area contributed by atoms with E-state index in [1.807, 2.05) is 0 Å². The molecule has 0 aromatic rings. The standard InChI is InChI=1S/C14H28N2O3/c1-3-5-6-10-13(17)16-12(9-7-8-11-15)14(18)19-4-2/h12H,3-11,15H2,1-2H3,(H,16,17)/t12-/m0/s1. The first-order chi connectivity index (χ1) is 9.15. The molecule has 0 radical (unpaired) electrons. The van der Waals surface area contributed by atoms with Crippen molar-refractivity contribution in [1.82, 2.24) is 5.32 Å². The van der Waals surface area contributed by atoms with E-state index in [1.165, 1.54) is 0 Å². The molecule has 0 saturated heterocycles. The minimum Gasteiger partial charge on any atom is -0.464 e. The lowest BCUT2D eigenvalue weighted by Gasteiger charge is -2.17. The largest absolute Gasteiger partial charge is 0.464 e. The van der Waals surface area contributed by atoms with Gasteiger partial charge in [0.25, 0.3) is 0 Å². The molecule has 0 rings (SSSR count). The Morgan fingerprint density at radius 2 is 1.89 bits per heavy atom. The van der Waals surface area contributed by atoms with Gasteiger partial charge in [-0.25, -0.2) is 4.79 Å². The van der Waals surface area contributed by atoms with E-state index in [-0.39, 0.29) is 11.9 Å². The predicted molar refractivity (Wildman–Crippen MR) is 75.6 cm³/mol. The maximum absolute atomic E-state index is 11.7. The third kappa shape index (κ3) is 9.47. The summed E-state index contributed by atoms with van der Waals surface area (Å²) < 4.78 is 4.98. The van der Waals surface area contributed by atoms with Crippen molar-refractivity contribution in [2.24, 2.45) is 5.73 Å². The molecule has 5 heteroatoms. The Morgan fingerprint density at radius 1 is 1.16 bits per heavy atom. The normalized spacial score (nSPS) is 11.9. The zero-order valence-corrected chi connectivity index (χ0v) is 12.2. The van der Waals surface area contributed by atoms with Crippen LogP contribution in [0.4, 0.5) is 0 Å². The van der Waals surface area contributed by atoms with Gasteiger partial charge in [-0.3, -0.25) is 4.79 Å². The van der Waals surface area contributed by atoms with Crippen LogP contribution in [0.5, 0.6) is 0 Å². The Bertz CT molecular complexity index is 257. The van der Waals surface area contributed by atoms with Crippen molar-refractivity contribution in [3.63, 3.8) is 0 Å². The van der Waals surface area contributed by atoms with Gasteiger partial charge in [0.2, 0.25) is 5.91 Å². The lowest BCUT2D eigenvalue weighted by atomic mass is 10.1. The molecule has 19 heavy (non-hydrogen) atoms. The number of nitrogens with two attached hydrogens (primary N) is 1. The molecule has 0 fully saturated rings. The van der Waals surface area contributed by atoms with Crippen LogP contribution in [0.15, 0.2) is 0 Å². The van der Waals surface area contributed by atoms with E-state index in [0.29, 0.717) is 26.0 Å². The Kier molecular flexibility index (Phi) is 11.3. The highest BCUT2D eigenvalue weighted by atomic mass is 16.5. The van der Waals surface area contributed by atoms with Gasteiger partial charge in [-0.15, -0.1) is 0 Å². The average molecular weight is 272 g/mol. The molecule has 0 heterocycles. The molecule has 0 aliphatic heterocycles. The summed E-state index contributed by atoms with van der Waals surface area (Å²) in [5.74, 6) is -0.414. The molecule has 1 amide bonds. The Balaban J connectivity index is 4.15. The second-order valence-corrected chi connectivity index (χ2v) is 4.61. The summed E-state index contributed by atoms with van der Waals surface area (Å²) in [5.41, 5.74) is 5.43. The summed E-state index contributed by atoms with van der Waals surface area (Å²) in [6.45, 7) is 4.78. The number of amides is 1. The fourth-order valence-corrected chi connectivity index (χ4v) is 1.79. The second-order valence-electron chi connectivity index (χ2n) is 4.61. The molecule has 3 N–H and O–H groups in total. The first-order valence-corrected chi connectivity index (χ1v) is 7.31. The topological polar surface area (TPSA) is 81.4 Å². The molecule has 5 nitrogen and oxygen atoms in total. The third-order valence-electron chi connectivity index (χ3n) is 2.86. The first kappa shape index (κ1) is 17.9. The van der Waals surface area contributed by atoms with Gasteiger partial charge in [-0.05, 0) is 39.2 Å². The highest BCUT2D eigenvalue weighted by molar-refractivity contribution is 5.84. The lowest BCUT2D eigenvalue weighted by molar-refractivity contribution is -0.147. The van der Waals surface area contributed by atoms with Gasteiger partial charge >= 0.3 is 5.97 Å². The van der Waals surface area contributed by atoms with Crippen LogP contribution in [0.3, 0.4) is 0 Å². The van der Waals surface area contributed by atoms with Gasteiger partial charge in [0.05, 0.1) is 6.61 Å². The molecule has 0 aliphatic carbocycles. The number of ether oxygens (including phenoxy) is 1. The van der Waals surface area contributed by atoms with Gasteiger partial charge in [0.1, 0.15) is 6.04 Å². The van der Waals surface area contributed by atoms with E-state index in [1.54, 1.807) is 6.92 Å². The van der Waals surface area contributed by atoms with Crippen molar-refractivity contribution in [2.75, 3.05) is 13.2 Å². The minimum atomic E-state index is -0.527. The van der Waals surface area contributed by atoms with E-state index in [9.17, 15) is 9.59 Å². The number of carbonyl (C=O) groups is 2. The zero-order chi connectivity index (χ0) is 14.5. The Hall–Kier alpha value is -1.10. The molecular weight excluding hydrogens is 244 g/mol. The molecule has 0 aliphatic rings. The van der Waals surface area contributed by atoms with Crippen LogP contribution in [0.25, 0.3) is 0 Å². The predicted octanol–water partition coefficient (Wildman–Crippen LogP) is 1.74. The number of nitrogens with one attached hydrogen (secondary N) is 1. The molecule has 112 valence electrons. The fraction of sp³-hybridized carbons (Fsp3) is 0.857. The molecule has 1 atom stereocenters. The number of hydrogen-bond donors (Lipinski definition) is 2. The minimum absolute atomic E-state index is 0.0701. The Morgan fingerprint density at radius 3 is 2.47 bits per heavy atom. The van der Waals surface area contributed by atoms with Crippen LogP contribution < -0.4 is 11.1 Å². The summed E-state index contributed by atoms with van der Waals surface area (Å²) >= 11 is 0. The number of unbranched alkanes of at least 4 members (excludes halogenated alkanes) is 3. The quantitative estimate of drug-likeness (QED) is 0.443. The van der Waals surface area contributed by atoms with Crippen molar-refractivity contribution >= 4 is 11.9 Å². The summed E-state index contributed by atoms with van der Waals surface area (Å²) in [6, 6.07) is -0.527. The van der Waals surface area contributed by atoms with Crippen molar-refractivity contribution in [2.45, 2.75) is 64.8 Å². The Labute approximate surface area is 116 Å². The number of esters is 1. The first-order valence-electron chi connectivity index (χ1n) is 7.31. The SMILES string of the molecule is CCCCCC(=O)N[C@@H](CCCCN)C(=O)OCC. The molecule has 0 saturated carbocycles. The zero-order valence-electron chi connectivity index (χ0n) is 12.2. The van der Waals surface area contributed by atoms with Gasteiger partial charge in [-0.2, -0.15) is 0 Å². The van der Waals surface area contributed by atoms with Crippen LogP contribution in [0.1, 0.15) is 58.8 Å². The molecule has 0 unspecified atom stereocenters. The van der Waals surface area contributed by atoms with Crippen LogP contribution >= 0.6 is 0 Å². The molecule has 0 aromatic carbocycles. The summed E-state index contributed by atoms with van der Waals surface area (Å²) in [7, 11) is 0. The van der Waals surface area contributed by atoms with E-state index in [4.69, 9.17) is 10.5 Å². The van der Waals surface area contributed by atoms with E-state index < -0.39 is 6.04 Å². The molecule has 0 bridgehead atoms. The number of hydrogen-bond acceptors (Lipinski definition) is 4. The van der Waals surface area contributed by atoms with Crippen molar-refractivity contribution in [3.05, 3.63) is 0 Å². The highest BCUT2D eigenvalue weighted by Crippen LogP contribution is 2.05. The van der Waals surface area contributed by atoms with Crippen LogP contribution in [0, 0.1) is 0 Å². The van der Waals surface area contributed by atoms with Gasteiger partial charge in [0, 0.05) is 6.42 Å². The van der Waals surface area contributed by atoms with Crippen LogP contribution in [-0.4, -0.2) is 31.1 Å². The van der Waals surface area contributed by atoms with Crippen LogP contribution in [-0.2, 0) is 14.3 Å². The van der Waals surface area contributed by atoms with Crippen LogP contribution in [0.2, 0.25) is 0 Å². The van der Waals surface area contributed by atoms with E-state index in [2.05, 4.69) is 12.2 Å². The van der Waals surface area contributed by atoms with Crippen molar-refractivity contribution in [1.29, 1.82) is 0 Å². The van der Waals surface area contributed by atoms with Crippen molar-refractivity contribution < 1.29 is 14.3 Å². The van der Waals surface area contributed by atoms with E-state index in [0.717, 1.165) is 32.1 Å². The molecule has 0 spiro atoms. The highest BCUT2D eigenvalue weighted by Gasteiger charge is 2.21. The smallest absolute Gasteiger partial charge is 0.328 e. The van der Waals surface area contributed by atoms with Gasteiger partial charge in [0.15, 0.2) is 0 Å².